The average Bonchev–Trinajstić information content (AvgIpc) is 2.26. The number of likely N-dealkylation sites (tertiary alicyclic amines) is 1. The fourth-order valence-corrected chi connectivity index (χ4v) is 2.02. The van der Waals surface area contributed by atoms with Crippen LogP contribution in [0.1, 0.15) is 32.6 Å². The van der Waals surface area contributed by atoms with Crippen molar-refractivity contribution in [2.24, 2.45) is 5.92 Å². The van der Waals surface area contributed by atoms with Gasteiger partial charge in [-0.1, -0.05) is 6.92 Å². The Morgan fingerprint density at radius 2 is 2.06 bits per heavy atom. The molecule has 0 saturated carbocycles. The van der Waals surface area contributed by atoms with Crippen molar-refractivity contribution in [2.45, 2.75) is 38.7 Å². The maximum atomic E-state index is 11.7. The first-order valence-electron chi connectivity index (χ1n) is 5.72. The number of carboxylic acid groups (broad SMARTS) is 1. The molecule has 92 valence electrons. The van der Waals surface area contributed by atoms with Gasteiger partial charge in [-0.25, -0.2) is 0 Å². The van der Waals surface area contributed by atoms with E-state index in [1.165, 1.54) is 0 Å². The highest BCUT2D eigenvalue weighted by Gasteiger charge is 2.28. The van der Waals surface area contributed by atoms with E-state index in [0.29, 0.717) is 19.5 Å². The van der Waals surface area contributed by atoms with Crippen LogP contribution in [0.5, 0.6) is 0 Å². The van der Waals surface area contributed by atoms with E-state index in [1.54, 1.807) is 4.90 Å². The summed E-state index contributed by atoms with van der Waals surface area (Å²) in [6.07, 6.45) is 1.05. The Morgan fingerprint density at radius 1 is 1.38 bits per heavy atom. The second kappa shape index (κ2) is 5.84. The monoisotopic (exact) mass is 229 g/mol. The maximum absolute atomic E-state index is 11.7. The third kappa shape index (κ3) is 3.48. The molecular weight excluding hydrogens is 210 g/mol. The standard InChI is InChI=1S/C11H19NO4/c1-2-8-7-12(6-5-9(8)13)10(14)3-4-11(15)16/h8-9,13H,2-7H2,1H3,(H,15,16). The van der Waals surface area contributed by atoms with Crippen LogP contribution in [0.2, 0.25) is 0 Å². The fourth-order valence-electron chi connectivity index (χ4n) is 2.02. The minimum Gasteiger partial charge on any atom is -0.481 e. The largest absolute Gasteiger partial charge is 0.481 e. The van der Waals surface area contributed by atoms with Gasteiger partial charge in [0.05, 0.1) is 12.5 Å². The summed E-state index contributed by atoms with van der Waals surface area (Å²) in [6.45, 7) is 3.07. The number of aliphatic hydroxyl groups is 1. The number of nitrogens with zero attached hydrogens (tertiary/aromatic N) is 1. The lowest BCUT2D eigenvalue weighted by Crippen LogP contribution is -2.45. The zero-order valence-corrected chi connectivity index (χ0v) is 9.56. The zero-order valence-electron chi connectivity index (χ0n) is 9.56. The zero-order chi connectivity index (χ0) is 12.1. The van der Waals surface area contributed by atoms with Gasteiger partial charge in [0.1, 0.15) is 0 Å². The summed E-state index contributed by atoms with van der Waals surface area (Å²) in [5, 5.41) is 18.1. The average molecular weight is 229 g/mol. The lowest BCUT2D eigenvalue weighted by molar-refractivity contribution is -0.142. The number of rotatable bonds is 4. The van der Waals surface area contributed by atoms with Gasteiger partial charge >= 0.3 is 5.97 Å². The summed E-state index contributed by atoms with van der Waals surface area (Å²) in [6, 6.07) is 0. The van der Waals surface area contributed by atoms with Gasteiger partial charge in [0.15, 0.2) is 0 Å². The third-order valence-electron chi connectivity index (χ3n) is 3.12. The maximum Gasteiger partial charge on any atom is 0.303 e. The Hall–Kier alpha value is -1.10. The fraction of sp³-hybridized carbons (Fsp3) is 0.818. The quantitative estimate of drug-likeness (QED) is 0.734. The molecule has 1 aliphatic rings. The van der Waals surface area contributed by atoms with Crippen LogP contribution in [-0.2, 0) is 9.59 Å². The van der Waals surface area contributed by atoms with Crippen LogP contribution in [0.3, 0.4) is 0 Å². The highest BCUT2D eigenvalue weighted by Crippen LogP contribution is 2.20. The van der Waals surface area contributed by atoms with Crippen LogP contribution in [0.15, 0.2) is 0 Å². The molecule has 16 heavy (non-hydrogen) atoms. The van der Waals surface area contributed by atoms with E-state index in [0.717, 1.165) is 6.42 Å². The van der Waals surface area contributed by atoms with Crippen LogP contribution in [0.4, 0.5) is 0 Å². The van der Waals surface area contributed by atoms with Crippen molar-refractivity contribution in [1.82, 2.24) is 4.90 Å². The third-order valence-corrected chi connectivity index (χ3v) is 3.12. The molecule has 5 nitrogen and oxygen atoms in total. The summed E-state index contributed by atoms with van der Waals surface area (Å²) in [4.78, 5) is 23.7. The molecule has 1 fully saturated rings. The highest BCUT2D eigenvalue weighted by molar-refractivity contribution is 5.80. The number of aliphatic hydroxyl groups excluding tert-OH is 1. The van der Waals surface area contributed by atoms with Crippen LogP contribution in [0.25, 0.3) is 0 Å². The number of hydrogen-bond acceptors (Lipinski definition) is 3. The van der Waals surface area contributed by atoms with Gasteiger partial charge in [0.2, 0.25) is 5.91 Å². The molecular formula is C11H19NO4. The van der Waals surface area contributed by atoms with Crippen molar-refractivity contribution in [1.29, 1.82) is 0 Å². The van der Waals surface area contributed by atoms with E-state index >= 15 is 0 Å². The first-order chi connectivity index (χ1) is 7.54. The van der Waals surface area contributed by atoms with Crippen molar-refractivity contribution in [3.63, 3.8) is 0 Å². The molecule has 0 aromatic carbocycles. The SMILES string of the molecule is CCC1CN(C(=O)CCC(=O)O)CCC1O. The van der Waals surface area contributed by atoms with Crippen molar-refractivity contribution in [2.75, 3.05) is 13.1 Å². The Kier molecular flexibility index (Phi) is 4.73. The van der Waals surface area contributed by atoms with Gasteiger partial charge < -0.3 is 15.1 Å². The van der Waals surface area contributed by atoms with Gasteiger partial charge in [0.25, 0.3) is 0 Å². The number of amides is 1. The van der Waals surface area contributed by atoms with Crippen molar-refractivity contribution in [3.05, 3.63) is 0 Å². The molecule has 2 N–H and O–H groups in total. The second-order valence-electron chi connectivity index (χ2n) is 4.26. The van der Waals surface area contributed by atoms with Crippen molar-refractivity contribution in [3.8, 4) is 0 Å². The number of piperidine rings is 1. The smallest absolute Gasteiger partial charge is 0.303 e. The lowest BCUT2D eigenvalue weighted by Gasteiger charge is -2.35. The molecule has 2 unspecified atom stereocenters. The predicted octanol–water partition coefficient (Wildman–Crippen LogP) is 0.471. The van der Waals surface area contributed by atoms with E-state index < -0.39 is 5.97 Å². The minimum atomic E-state index is -0.947. The number of aliphatic carboxylic acids is 1. The molecule has 0 bridgehead atoms. The summed E-state index contributed by atoms with van der Waals surface area (Å²) >= 11 is 0. The minimum absolute atomic E-state index is 0.0574. The molecule has 0 radical (unpaired) electrons. The van der Waals surface area contributed by atoms with Gasteiger partial charge in [0, 0.05) is 25.4 Å². The van der Waals surface area contributed by atoms with Gasteiger partial charge in [-0.15, -0.1) is 0 Å². The number of hydrogen-bond donors (Lipinski definition) is 2. The molecule has 2 atom stereocenters. The van der Waals surface area contributed by atoms with Crippen LogP contribution in [-0.4, -0.2) is 46.2 Å². The molecule has 0 spiro atoms. The van der Waals surface area contributed by atoms with Crippen LogP contribution < -0.4 is 0 Å². The second-order valence-corrected chi connectivity index (χ2v) is 4.26. The molecule has 0 aromatic rings. The molecule has 5 heteroatoms. The van der Waals surface area contributed by atoms with Crippen molar-refractivity contribution < 1.29 is 19.8 Å². The molecule has 1 heterocycles. The van der Waals surface area contributed by atoms with E-state index in [9.17, 15) is 14.7 Å². The first-order valence-corrected chi connectivity index (χ1v) is 5.72. The molecule has 1 saturated heterocycles. The summed E-state index contributed by atoms with van der Waals surface area (Å²) in [7, 11) is 0. The predicted molar refractivity (Wildman–Crippen MR) is 57.9 cm³/mol. The van der Waals surface area contributed by atoms with Crippen molar-refractivity contribution >= 4 is 11.9 Å². The van der Waals surface area contributed by atoms with Gasteiger partial charge in [-0.2, -0.15) is 0 Å². The summed E-state index contributed by atoms with van der Waals surface area (Å²) < 4.78 is 0. The first kappa shape index (κ1) is 13.0. The highest BCUT2D eigenvalue weighted by atomic mass is 16.4. The number of carbonyl (C=O) groups is 2. The topological polar surface area (TPSA) is 77.8 Å². The van der Waals surface area contributed by atoms with Crippen LogP contribution in [0, 0.1) is 5.92 Å². The van der Waals surface area contributed by atoms with Gasteiger partial charge in [-0.05, 0) is 12.8 Å². The number of carbonyl (C=O) groups excluding carboxylic acids is 1. The lowest BCUT2D eigenvalue weighted by atomic mass is 9.92. The Labute approximate surface area is 95.1 Å². The van der Waals surface area contributed by atoms with E-state index in [2.05, 4.69) is 0 Å². The summed E-state index contributed by atoms with van der Waals surface area (Å²) in [5.41, 5.74) is 0. The summed E-state index contributed by atoms with van der Waals surface area (Å²) in [5.74, 6) is -0.937. The molecule has 0 aromatic heterocycles. The molecule has 1 amide bonds. The molecule has 1 aliphatic heterocycles. The van der Waals surface area contributed by atoms with Gasteiger partial charge in [-0.3, -0.25) is 9.59 Å². The number of carboxylic acids is 1. The van der Waals surface area contributed by atoms with E-state index in [-0.39, 0.29) is 30.8 Å². The normalized spacial score (nSPS) is 25.5. The van der Waals surface area contributed by atoms with E-state index in [4.69, 9.17) is 5.11 Å². The Morgan fingerprint density at radius 3 is 2.62 bits per heavy atom. The van der Waals surface area contributed by atoms with Crippen LogP contribution >= 0.6 is 0 Å². The van der Waals surface area contributed by atoms with E-state index in [1.807, 2.05) is 6.92 Å². The molecule has 1 rings (SSSR count). The Bertz CT molecular complexity index is 267. The molecule has 0 aliphatic carbocycles. The Balaban J connectivity index is 2.42.